The van der Waals surface area contributed by atoms with Crippen LogP contribution in [0.4, 0.5) is 0 Å². The largest absolute Gasteiger partial charge is 0.477 e. The van der Waals surface area contributed by atoms with Gasteiger partial charge in [-0.15, -0.1) is 0 Å². The number of hydrogen-bond acceptors (Lipinski definition) is 2. The molecule has 0 amide bonds. The highest BCUT2D eigenvalue weighted by atomic mass is 16.4. The molecule has 224 valence electrons. The molecule has 0 aliphatic rings. The van der Waals surface area contributed by atoms with E-state index in [-0.39, 0.29) is 17.4 Å². The number of carbonyl (C=O) groups is 1. The van der Waals surface area contributed by atoms with Gasteiger partial charge in [0.05, 0.1) is 13.1 Å². The van der Waals surface area contributed by atoms with Crippen LogP contribution in [0, 0.1) is 24.5 Å². The van der Waals surface area contributed by atoms with Gasteiger partial charge in [0.15, 0.2) is 12.4 Å². The number of benzene rings is 5. The lowest BCUT2D eigenvalue weighted by atomic mass is 9.81. The average Bonchev–Trinajstić information content (AvgIpc) is 3.11. The lowest BCUT2D eigenvalue weighted by Gasteiger charge is -2.22. The van der Waals surface area contributed by atoms with Crippen LogP contribution < -0.4 is 0 Å². The summed E-state index contributed by atoms with van der Waals surface area (Å²) in [4.78, 5) is 18.0. The summed E-state index contributed by atoms with van der Waals surface area (Å²) in [6.45, 7) is 14.1. The normalized spacial score (nSPS) is 12.6. The van der Waals surface area contributed by atoms with Crippen LogP contribution in [-0.4, -0.2) is 11.1 Å². The second kappa shape index (κ2) is 15.3. The minimum atomic E-state index is -1.25. The molecule has 0 bridgehead atoms. The second-order valence-electron chi connectivity index (χ2n) is 10.8. The fourth-order valence-corrected chi connectivity index (χ4v) is 5.62. The fourth-order valence-electron chi connectivity index (χ4n) is 5.62. The molecule has 1 N–H and O–H groups in total. The molecule has 0 aliphatic heterocycles. The summed E-state index contributed by atoms with van der Waals surface area (Å²) in [6, 6.07) is 44.7. The van der Waals surface area contributed by atoms with E-state index in [0.717, 1.165) is 44.5 Å². The lowest BCUT2D eigenvalue weighted by molar-refractivity contribution is -0.132. The third-order valence-corrected chi connectivity index (χ3v) is 7.89. The Balaban J connectivity index is 1.54. The number of hydrogen-bond donors (Lipinski definition) is 1. The van der Waals surface area contributed by atoms with Crippen molar-refractivity contribution >= 4 is 24.2 Å². The van der Waals surface area contributed by atoms with Crippen LogP contribution in [0.25, 0.3) is 27.9 Å². The van der Waals surface area contributed by atoms with Crippen LogP contribution in [0.5, 0.6) is 0 Å². The van der Waals surface area contributed by atoms with Crippen LogP contribution in [0.3, 0.4) is 0 Å². The summed E-state index contributed by atoms with van der Waals surface area (Å²) in [6.07, 6.45) is 7.86. The monoisotopic (exact) mass is 607 g/mol. The van der Waals surface area contributed by atoms with Crippen LogP contribution in [-0.2, 0) is 4.79 Å². The van der Waals surface area contributed by atoms with Gasteiger partial charge >= 0.3 is 5.97 Å². The van der Waals surface area contributed by atoms with Gasteiger partial charge in [0.1, 0.15) is 11.6 Å². The van der Waals surface area contributed by atoms with Crippen molar-refractivity contribution in [2.75, 3.05) is 0 Å². The van der Waals surface area contributed by atoms with Gasteiger partial charge in [-0.1, -0.05) is 140 Å². The number of nitrogens with zero attached hydrogens (tertiary/aromatic N) is 3. The standard InChI is InChI=1S/C42H29N3O2/c1-44-26-24-30-8-14-34(15-9-30)41(35-16-10-31(11-17-35)25-27-45-2)38-22-20-37(21-23-38)40(33-6-4-3-5-7-33)36-18-12-32(13-19-36)28-39(29-43)42(46)47/h3-28,40-41H,(H,46,47)/b26-24-,27-25+,39-28-. The molecule has 0 fully saturated rings. The third kappa shape index (κ3) is 7.86. The van der Waals surface area contributed by atoms with Crippen molar-refractivity contribution in [2.45, 2.75) is 11.8 Å². The summed E-state index contributed by atoms with van der Waals surface area (Å²) in [5.41, 5.74) is 8.85. The molecular formula is C42H29N3O2. The van der Waals surface area contributed by atoms with Gasteiger partial charge in [-0.2, -0.15) is 5.26 Å². The molecule has 5 aromatic carbocycles. The van der Waals surface area contributed by atoms with Crippen molar-refractivity contribution in [1.82, 2.24) is 0 Å². The minimum absolute atomic E-state index is 0.0494. The summed E-state index contributed by atoms with van der Waals surface area (Å²) in [7, 11) is 0. The quantitative estimate of drug-likeness (QED) is 0.0744. The molecule has 5 aromatic rings. The van der Waals surface area contributed by atoms with Crippen LogP contribution in [0.15, 0.2) is 145 Å². The van der Waals surface area contributed by atoms with Crippen LogP contribution in [0.2, 0.25) is 0 Å². The van der Waals surface area contributed by atoms with Crippen molar-refractivity contribution in [3.8, 4) is 6.07 Å². The molecule has 5 nitrogen and oxygen atoms in total. The number of carboxylic acid groups (broad SMARTS) is 1. The van der Waals surface area contributed by atoms with E-state index in [1.165, 1.54) is 18.5 Å². The molecule has 0 saturated carbocycles. The summed E-state index contributed by atoms with van der Waals surface area (Å²) in [5, 5.41) is 18.4. The molecule has 0 aromatic heterocycles. The molecule has 0 spiro atoms. The fraction of sp³-hybridized carbons (Fsp3) is 0.0476. The maximum Gasteiger partial charge on any atom is 0.346 e. The first kappa shape index (κ1) is 31.7. The SMILES string of the molecule is [C-]#[N+]/C=C\c1ccc(C(c2ccc(/C=C/[N+]#[C-])cc2)c2ccc(C(c3ccccc3)c3ccc(/C=C(/C#N)C(=O)O)cc3)cc2)cc1. The first-order chi connectivity index (χ1) is 23.0. The van der Waals surface area contributed by atoms with Crippen molar-refractivity contribution in [3.05, 3.63) is 218 Å². The van der Waals surface area contributed by atoms with E-state index in [0.29, 0.717) is 5.56 Å². The Hall–Kier alpha value is -6.74. The number of carboxylic acids is 1. The number of nitriles is 1. The van der Waals surface area contributed by atoms with E-state index >= 15 is 0 Å². The van der Waals surface area contributed by atoms with E-state index in [1.54, 1.807) is 18.2 Å². The van der Waals surface area contributed by atoms with Crippen molar-refractivity contribution in [3.63, 3.8) is 0 Å². The van der Waals surface area contributed by atoms with E-state index in [4.69, 9.17) is 18.4 Å². The van der Waals surface area contributed by atoms with E-state index in [1.807, 2.05) is 66.7 Å². The minimum Gasteiger partial charge on any atom is -0.477 e. The Morgan fingerprint density at radius 1 is 0.574 bits per heavy atom. The molecular weight excluding hydrogens is 578 g/mol. The zero-order valence-corrected chi connectivity index (χ0v) is 25.4. The Kier molecular flexibility index (Phi) is 10.3. The van der Waals surface area contributed by atoms with Gasteiger partial charge in [-0.05, 0) is 56.1 Å². The zero-order valence-electron chi connectivity index (χ0n) is 25.4. The molecule has 5 heteroatoms. The van der Waals surface area contributed by atoms with Gasteiger partial charge in [0.2, 0.25) is 0 Å². The van der Waals surface area contributed by atoms with Crippen molar-refractivity contribution < 1.29 is 9.90 Å². The first-order valence-electron chi connectivity index (χ1n) is 14.9. The van der Waals surface area contributed by atoms with Gasteiger partial charge in [-0.3, -0.25) is 0 Å². The van der Waals surface area contributed by atoms with Crippen molar-refractivity contribution in [1.29, 1.82) is 5.26 Å². The predicted octanol–water partition coefficient (Wildman–Crippen LogP) is 9.82. The maximum absolute atomic E-state index is 11.3. The maximum atomic E-state index is 11.3. The Labute approximate surface area is 275 Å². The van der Waals surface area contributed by atoms with Gasteiger partial charge < -0.3 is 5.11 Å². The smallest absolute Gasteiger partial charge is 0.346 e. The highest BCUT2D eigenvalue weighted by Crippen LogP contribution is 2.36. The molecule has 0 radical (unpaired) electrons. The van der Waals surface area contributed by atoms with Crippen LogP contribution >= 0.6 is 0 Å². The third-order valence-electron chi connectivity index (χ3n) is 7.89. The number of aliphatic carboxylic acids is 1. The summed E-state index contributed by atoms with van der Waals surface area (Å²) >= 11 is 0. The van der Waals surface area contributed by atoms with E-state index < -0.39 is 5.97 Å². The number of rotatable bonds is 10. The van der Waals surface area contributed by atoms with Crippen molar-refractivity contribution in [2.24, 2.45) is 0 Å². The summed E-state index contributed by atoms with van der Waals surface area (Å²) < 4.78 is 0. The zero-order chi connectivity index (χ0) is 33.0. The molecule has 0 aliphatic carbocycles. The average molecular weight is 608 g/mol. The molecule has 47 heavy (non-hydrogen) atoms. The van der Waals surface area contributed by atoms with Gasteiger partial charge in [-0.25, -0.2) is 14.5 Å². The molecule has 0 heterocycles. The van der Waals surface area contributed by atoms with Gasteiger partial charge in [0, 0.05) is 11.8 Å². The van der Waals surface area contributed by atoms with Crippen LogP contribution in [0.1, 0.15) is 61.9 Å². The predicted molar refractivity (Wildman–Crippen MR) is 187 cm³/mol. The Morgan fingerprint density at radius 3 is 1.26 bits per heavy atom. The molecule has 2 atom stereocenters. The molecule has 0 saturated heterocycles. The van der Waals surface area contributed by atoms with Gasteiger partial charge in [0.25, 0.3) is 0 Å². The molecule has 5 rings (SSSR count). The second-order valence-corrected chi connectivity index (χ2v) is 10.8. The Morgan fingerprint density at radius 2 is 0.915 bits per heavy atom. The highest BCUT2D eigenvalue weighted by Gasteiger charge is 2.20. The summed E-state index contributed by atoms with van der Waals surface area (Å²) in [5.74, 6) is -1.37. The Bertz CT molecular complexity index is 1990. The molecule has 2 unspecified atom stereocenters. The highest BCUT2D eigenvalue weighted by molar-refractivity contribution is 5.96. The van der Waals surface area contributed by atoms with E-state index in [9.17, 15) is 9.90 Å². The topological polar surface area (TPSA) is 69.8 Å². The van der Waals surface area contributed by atoms with E-state index in [2.05, 4.69) is 70.4 Å². The first-order valence-corrected chi connectivity index (χ1v) is 14.9. The lowest BCUT2D eigenvalue weighted by Crippen LogP contribution is -2.06.